The van der Waals surface area contributed by atoms with E-state index in [1.807, 2.05) is 31.2 Å². The Morgan fingerprint density at radius 2 is 1.92 bits per heavy atom. The fourth-order valence-corrected chi connectivity index (χ4v) is 3.22. The molecule has 0 heterocycles. The van der Waals surface area contributed by atoms with Gasteiger partial charge in [-0.1, -0.05) is 12.1 Å². The Morgan fingerprint density at radius 3 is 2.56 bits per heavy atom. The first-order chi connectivity index (χ1) is 11.9. The second kappa shape index (κ2) is 8.67. The number of carbonyl (C=O) groups is 1. The Morgan fingerprint density at radius 1 is 1.16 bits per heavy atom. The third-order valence-corrected chi connectivity index (χ3v) is 4.55. The maximum Gasteiger partial charge on any atom is 0.251 e. The SMILES string of the molecule is COc1ccc(OC)c(C(C)NC(=O)c2cccc(CS(C)=O)c2)c1. The van der Waals surface area contributed by atoms with E-state index in [0.717, 1.165) is 11.1 Å². The topological polar surface area (TPSA) is 64.6 Å². The summed E-state index contributed by atoms with van der Waals surface area (Å²) in [7, 11) is 2.24. The summed E-state index contributed by atoms with van der Waals surface area (Å²) in [5, 5.41) is 2.97. The zero-order valence-corrected chi connectivity index (χ0v) is 15.7. The van der Waals surface area contributed by atoms with E-state index < -0.39 is 10.8 Å². The molecule has 2 aromatic carbocycles. The van der Waals surface area contributed by atoms with Crippen LogP contribution in [0.1, 0.15) is 34.5 Å². The molecule has 0 aliphatic carbocycles. The molecule has 0 aliphatic rings. The van der Waals surface area contributed by atoms with Crippen LogP contribution in [0.15, 0.2) is 42.5 Å². The molecule has 0 aromatic heterocycles. The van der Waals surface area contributed by atoms with Gasteiger partial charge in [0.2, 0.25) is 0 Å². The number of rotatable bonds is 7. The van der Waals surface area contributed by atoms with Crippen LogP contribution in [0.4, 0.5) is 0 Å². The van der Waals surface area contributed by atoms with Gasteiger partial charge in [0.25, 0.3) is 5.91 Å². The molecule has 6 heteroatoms. The number of amides is 1. The predicted octanol–water partition coefficient (Wildman–Crippen LogP) is 3.07. The quantitative estimate of drug-likeness (QED) is 0.823. The summed E-state index contributed by atoms with van der Waals surface area (Å²) in [5.41, 5.74) is 2.25. The van der Waals surface area contributed by atoms with Crippen LogP contribution in [0.3, 0.4) is 0 Å². The zero-order chi connectivity index (χ0) is 18.4. The minimum Gasteiger partial charge on any atom is -0.497 e. The highest BCUT2D eigenvalue weighted by Crippen LogP contribution is 2.29. The number of ether oxygens (including phenoxy) is 2. The lowest BCUT2D eigenvalue weighted by Gasteiger charge is -2.18. The molecule has 134 valence electrons. The molecule has 0 saturated heterocycles. The van der Waals surface area contributed by atoms with E-state index >= 15 is 0 Å². The third kappa shape index (κ3) is 5.06. The van der Waals surface area contributed by atoms with Crippen LogP contribution in [0.5, 0.6) is 11.5 Å². The summed E-state index contributed by atoms with van der Waals surface area (Å²) in [6.07, 6.45) is 1.64. The molecular formula is C19H23NO4S. The minimum atomic E-state index is -0.949. The lowest BCUT2D eigenvalue weighted by molar-refractivity contribution is 0.0939. The smallest absolute Gasteiger partial charge is 0.251 e. The van der Waals surface area contributed by atoms with E-state index in [2.05, 4.69) is 5.32 Å². The Labute approximate surface area is 150 Å². The van der Waals surface area contributed by atoms with Crippen LogP contribution in [0, 0.1) is 0 Å². The number of hydrogen-bond acceptors (Lipinski definition) is 4. The predicted molar refractivity (Wildman–Crippen MR) is 99.6 cm³/mol. The highest BCUT2D eigenvalue weighted by molar-refractivity contribution is 7.83. The van der Waals surface area contributed by atoms with Gasteiger partial charge in [-0.2, -0.15) is 0 Å². The normalized spacial score (nSPS) is 13.0. The third-order valence-electron chi connectivity index (χ3n) is 3.81. The van der Waals surface area contributed by atoms with Crippen molar-refractivity contribution in [3.05, 3.63) is 59.2 Å². The van der Waals surface area contributed by atoms with Crippen molar-refractivity contribution < 1.29 is 18.5 Å². The Balaban J connectivity index is 2.19. The van der Waals surface area contributed by atoms with Crippen LogP contribution >= 0.6 is 0 Å². The second-order valence-corrected chi connectivity index (χ2v) is 7.16. The van der Waals surface area contributed by atoms with Gasteiger partial charge in [-0.05, 0) is 42.8 Å². The molecule has 2 atom stereocenters. The van der Waals surface area contributed by atoms with Gasteiger partial charge in [0, 0.05) is 33.9 Å². The summed E-state index contributed by atoms with van der Waals surface area (Å²) >= 11 is 0. The maximum absolute atomic E-state index is 12.6. The lowest BCUT2D eigenvalue weighted by Crippen LogP contribution is -2.27. The van der Waals surface area contributed by atoms with Gasteiger partial charge in [0.15, 0.2) is 0 Å². The maximum atomic E-state index is 12.6. The van der Waals surface area contributed by atoms with Gasteiger partial charge in [-0.3, -0.25) is 9.00 Å². The van der Waals surface area contributed by atoms with Crippen molar-refractivity contribution in [1.82, 2.24) is 5.32 Å². The van der Waals surface area contributed by atoms with Gasteiger partial charge in [-0.25, -0.2) is 0 Å². The Bertz CT molecular complexity index is 776. The first kappa shape index (κ1) is 19.0. The zero-order valence-electron chi connectivity index (χ0n) is 14.9. The molecule has 0 fully saturated rings. The molecule has 0 radical (unpaired) electrons. The number of methoxy groups -OCH3 is 2. The minimum absolute atomic E-state index is 0.193. The Hall–Kier alpha value is -2.34. The van der Waals surface area contributed by atoms with Crippen molar-refractivity contribution >= 4 is 16.7 Å². The van der Waals surface area contributed by atoms with Crippen LogP contribution in [-0.2, 0) is 16.6 Å². The Kier molecular flexibility index (Phi) is 6.58. The highest BCUT2D eigenvalue weighted by atomic mass is 32.2. The monoisotopic (exact) mass is 361 g/mol. The van der Waals surface area contributed by atoms with Gasteiger partial charge < -0.3 is 14.8 Å². The standard InChI is InChI=1S/C19H23NO4S/c1-13(17-11-16(23-2)8-9-18(17)24-3)20-19(21)15-7-5-6-14(10-15)12-25(4)22/h5-11,13H,12H2,1-4H3,(H,20,21). The molecule has 0 bridgehead atoms. The molecule has 1 N–H and O–H groups in total. The van der Waals surface area contributed by atoms with Crippen LogP contribution < -0.4 is 14.8 Å². The first-order valence-electron chi connectivity index (χ1n) is 7.86. The van der Waals surface area contributed by atoms with E-state index in [0.29, 0.717) is 22.8 Å². The average Bonchev–Trinajstić information content (AvgIpc) is 2.60. The van der Waals surface area contributed by atoms with Crippen LogP contribution in [0.25, 0.3) is 0 Å². The first-order valence-corrected chi connectivity index (χ1v) is 9.59. The fourth-order valence-electron chi connectivity index (χ4n) is 2.57. The molecule has 0 saturated carbocycles. The summed E-state index contributed by atoms with van der Waals surface area (Å²) in [6, 6.07) is 12.4. The largest absolute Gasteiger partial charge is 0.497 e. The van der Waals surface area contributed by atoms with Gasteiger partial charge in [-0.15, -0.1) is 0 Å². The number of hydrogen-bond donors (Lipinski definition) is 1. The molecule has 2 rings (SSSR count). The molecular weight excluding hydrogens is 338 g/mol. The summed E-state index contributed by atoms with van der Waals surface area (Å²) in [6.45, 7) is 1.89. The van der Waals surface area contributed by atoms with Crippen LogP contribution in [0.2, 0.25) is 0 Å². The number of benzene rings is 2. The molecule has 5 nitrogen and oxygen atoms in total. The molecule has 0 aliphatic heterocycles. The molecule has 1 amide bonds. The van der Waals surface area contributed by atoms with E-state index in [4.69, 9.17) is 9.47 Å². The van der Waals surface area contributed by atoms with Crippen molar-refractivity contribution in [3.8, 4) is 11.5 Å². The van der Waals surface area contributed by atoms with E-state index in [9.17, 15) is 9.00 Å². The van der Waals surface area contributed by atoms with Gasteiger partial charge >= 0.3 is 0 Å². The second-order valence-electron chi connectivity index (χ2n) is 5.72. The van der Waals surface area contributed by atoms with Gasteiger partial charge in [0.1, 0.15) is 11.5 Å². The summed E-state index contributed by atoms with van der Waals surface area (Å²) < 4.78 is 22.0. The van der Waals surface area contributed by atoms with E-state index in [-0.39, 0.29) is 11.9 Å². The van der Waals surface area contributed by atoms with Crippen molar-refractivity contribution in [2.45, 2.75) is 18.7 Å². The number of carbonyl (C=O) groups excluding carboxylic acids is 1. The summed E-state index contributed by atoms with van der Waals surface area (Å²) in [4.78, 5) is 12.6. The van der Waals surface area contributed by atoms with Crippen molar-refractivity contribution in [1.29, 1.82) is 0 Å². The molecule has 2 aromatic rings. The fraction of sp³-hybridized carbons (Fsp3) is 0.316. The lowest BCUT2D eigenvalue weighted by atomic mass is 10.1. The molecule has 25 heavy (non-hydrogen) atoms. The highest BCUT2D eigenvalue weighted by Gasteiger charge is 2.16. The van der Waals surface area contributed by atoms with E-state index in [1.54, 1.807) is 38.7 Å². The van der Waals surface area contributed by atoms with Crippen LogP contribution in [-0.4, -0.2) is 30.6 Å². The molecule has 2 unspecified atom stereocenters. The van der Waals surface area contributed by atoms with Gasteiger partial charge in [0.05, 0.1) is 20.3 Å². The molecule has 0 spiro atoms. The average molecular weight is 361 g/mol. The number of nitrogens with one attached hydrogen (secondary N) is 1. The summed E-state index contributed by atoms with van der Waals surface area (Å²) in [5.74, 6) is 1.62. The van der Waals surface area contributed by atoms with Crippen molar-refractivity contribution in [3.63, 3.8) is 0 Å². The van der Waals surface area contributed by atoms with E-state index in [1.165, 1.54) is 0 Å². The van der Waals surface area contributed by atoms with Crippen molar-refractivity contribution in [2.24, 2.45) is 0 Å². The van der Waals surface area contributed by atoms with Crippen molar-refractivity contribution in [2.75, 3.05) is 20.5 Å².